The summed E-state index contributed by atoms with van der Waals surface area (Å²) in [6, 6.07) is 8.57. The predicted octanol–water partition coefficient (Wildman–Crippen LogP) is 5.15. The molecule has 2 amide bonds. The third-order valence-electron chi connectivity index (χ3n) is 8.92. The van der Waals surface area contributed by atoms with Gasteiger partial charge in [-0.3, -0.25) is 9.48 Å². The molecule has 2 fully saturated rings. The van der Waals surface area contributed by atoms with Crippen molar-refractivity contribution >= 4 is 34.4 Å². The van der Waals surface area contributed by atoms with E-state index in [4.69, 9.17) is 14.6 Å². The van der Waals surface area contributed by atoms with Crippen molar-refractivity contribution in [3.8, 4) is 5.75 Å². The number of fused-ring (bicyclic) bond motifs is 2. The molecule has 12 heteroatoms. The number of amides is 2. The van der Waals surface area contributed by atoms with Gasteiger partial charge in [0.25, 0.3) is 5.91 Å². The molecule has 0 unspecified atom stereocenters. The monoisotopic (exact) mass is 602 g/mol. The summed E-state index contributed by atoms with van der Waals surface area (Å²) in [4.78, 5) is 34.5. The maximum absolute atomic E-state index is 13.3. The first-order valence-corrected chi connectivity index (χ1v) is 15.5. The fraction of sp³-hybridized carbons (Fsp3) is 0.531. The summed E-state index contributed by atoms with van der Waals surface area (Å²) >= 11 is 0. The van der Waals surface area contributed by atoms with E-state index in [1.54, 1.807) is 30.1 Å². The zero-order valence-corrected chi connectivity index (χ0v) is 26.2. The van der Waals surface area contributed by atoms with Gasteiger partial charge in [-0.25, -0.2) is 9.78 Å². The Morgan fingerprint density at radius 3 is 2.48 bits per heavy atom. The first-order chi connectivity index (χ1) is 21.1. The van der Waals surface area contributed by atoms with Crippen molar-refractivity contribution in [1.82, 2.24) is 34.2 Å². The van der Waals surface area contributed by atoms with Crippen molar-refractivity contribution in [2.45, 2.75) is 83.0 Å². The molecule has 1 aliphatic carbocycles. The van der Waals surface area contributed by atoms with Crippen LogP contribution in [0.3, 0.4) is 0 Å². The lowest BCUT2D eigenvalue weighted by Crippen LogP contribution is -2.50. The lowest BCUT2D eigenvalue weighted by atomic mass is 9.88. The number of piperidine rings is 1. The Morgan fingerprint density at radius 2 is 1.77 bits per heavy atom. The third-order valence-corrected chi connectivity index (χ3v) is 8.92. The Hall–Kier alpha value is -4.19. The highest BCUT2D eigenvalue weighted by molar-refractivity contribution is 6.08. The van der Waals surface area contributed by atoms with Crippen molar-refractivity contribution < 1.29 is 19.1 Å². The summed E-state index contributed by atoms with van der Waals surface area (Å²) in [5.41, 5.74) is 1.40. The van der Waals surface area contributed by atoms with Gasteiger partial charge in [-0.1, -0.05) is 0 Å². The fourth-order valence-electron chi connectivity index (χ4n) is 6.51. The number of aromatic nitrogens is 5. The van der Waals surface area contributed by atoms with Crippen molar-refractivity contribution in [1.29, 1.82) is 0 Å². The average Bonchev–Trinajstić information content (AvgIpc) is 3.63. The maximum Gasteiger partial charge on any atom is 0.410 e. The van der Waals surface area contributed by atoms with Gasteiger partial charge in [0.05, 0.1) is 30.4 Å². The maximum atomic E-state index is 13.3. The number of hydrogen-bond acceptors (Lipinski definition) is 8. The highest BCUT2D eigenvalue weighted by Crippen LogP contribution is 2.34. The van der Waals surface area contributed by atoms with Crippen LogP contribution in [0.15, 0.2) is 42.9 Å². The van der Waals surface area contributed by atoms with Crippen molar-refractivity contribution in [2.24, 2.45) is 0 Å². The van der Waals surface area contributed by atoms with Crippen molar-refractivity contribution in [2.75, 3.05) is 32.6 Å². The summed E-state index contributed by atoms with van der Waals surface area (Å²) in [5, 5.41) is 13.0. The Balaban J connectivity index is 1.07. The second-order valence-corrected chi connectivity index (χ2v) is 12.9. The molecule has 44 heavy (non-hydrogen) atoms. The van der Waals surface area contributed by atoms with Gasteiger partial charge in [0.2, 0.25) is 0 Å². The quantitative estimate of drug-likeness (QED) is 0.322. The van der Waals surface area contributed by atoms with E-state index in [0.29, 0.717) is 40.9 Å². The van der Waals surface area contributed by atoms with Gasteiger partial charge in [-0.15, -0.1) is 0 Å². The van der Waals surface area contributed by atoms with Crippen molar-refractivity contribution in [3.63, 3.8) is 0 Å². The number of anilines is 1. The van der Waals surface area contributed by atoms with E-state index in [2.05, 4.69) is 32.0 Å². The number of carbonyl (C=O) groups is 2. The van der Waals surface area contributed by atoms with Gasteiger partial charge >= 0.3 is 6.09 Å². The summed E-state index contributed by atoms with van der Waals surface area (Å²) in [6.07, 6.45) is 11.2. The summed E-state index contributed by atoms with van der Waals surface area (Å²) < 4.78 is 14.8. The number of carbonyl (C=O) groups excluding carboxylic acids is 2. The number of likely N-dealkylation sites (tertiary alicyclic amines) is 1. The highest BCUT2D eigenvalue weighted by Gasteiger charge is 2.33. The highest BCUT2D eigenvalue weighted by atomic mass is 16.6. The number of methoxy groups -OCH3 is 1. The van der Waals surface area contributed by atoms with Crippen LogP contribution in [-0.4, -0.2) is 91.1 Å². The second-order valence-electron chi connectivity index (χ2n) is 12.9. The van der Waals surface area contributed by atoms with Crippen LogP contribution in [0.25, 0.3) is 16.6 Å². The first-order valence-electron chi connectivity index (χ1n) is 15.5. The minimum Gasteiger partial charge on any atom is -0.496 e. The molecule has 4 heterocycles. The molecule has 0 atom stereocenters. The van der Waals surface area contributed by atoms with E-state index in [0.717, 1.165) is 62.5 Å². The third kappa shape index (κ3) is 6.21. The number of nitrogens with zero attached hydrogens (tertiary/aromatic N) is 7. The number of rotatable bonds is 6. The van der Waals surface area contributed by atoms with E-state index >= 15 is 0 Å². The van der Waals surface area contributed by atoms with Gasteiger partial charge in [-0.2, -0.15) is 14.7 Å². The van der Waals surface area contributed by atoms with E-state index < -0.39 is 5.60 Å². The van der Waals surface area contributed by atoms with Crippen LogP contribution in [0.5, 0.6) is 5.75 Å². The summed E-state index contributed by atoms with van der Waals surface area (Å²) in [6.45, 7) is 7.19. The molecule has 4 aromatic rings. The topological polar surface area (TPSA) is 119 Å². The van der Waals surface area contributed by atoms with Crippen LogP contribution in [0.4, 0.5) is 10.6 Å². The molecule has 234 valence electrons. The molecule has 3 aromatic heterocycles. The van der Waals surface area contributed by atoms with Crippen LogP contribution in [0, 0.1) is 0 Å². The molecule has 1 aliphatic heterocycles. The molecule has 0 radical (unpaired) electrons. The zero-order valence-electron chi connectivity index (χ0n) is 26.2. The molecule has 2 aliphatic rings. The lowest BCUT2D eigenvalue weighted by Gasteiger charge is -2.42. The van der Waals surface area contributed by atoms with Crippen LogP contribution in [0.1, 0.15) is 75.7 Å². The number of ether oxygens (including phenoxy) is 2. The van der Waals surface area contributed by atoms with E-state index in [1.165, 1.54) is 0 Å². The Kier molecular flexibility index (Phi) is 8.19. The molecule has 1 aromatic carbocycles. The number of benzene rings is 1. The second kappa shape index (κ2) is 12.1. The molecule has 1 saturated carbocycles. The van der Waals surface area contributed by atoms with E-state index in [1.807, 2.05) is 50.1 Å². The minimum atomic E-state index is -0.471. The molecular formula is C32H42N8O4. The standard InChI is InChI=1S/C32H42N8O4/c1-32(2,3)44-31(42)38-15-12-23(13-16-38)37(4)22-8-10-24(11-9-22)39-20-21-17-25(27(43-5)18-26(21)36-39)30(41)35-29-19-33-28-7-6-14-34-40(28)29/h6-7,14,17-20,22-24H,8-13,15-16H2,1-5H3,(H,35,41). The Labute approximate surface area is 257 Å². The van der Waals surface area contributed by atoms with Crippen LogP contribution in [0.2, 0.25) is 0 Å². The normalized spacial score (nSPS) is 19.9. The molecular weight excluding hydrogens is 560 g/mol. The van der Waals surface area contributed by atoms with E-state index in [-0.39, 0.29) is 12.0 Å². The SMILES string of the molecule is COc1cc2nn(C3CCC(N(C)C4CCN(C(=O)OC(C)(C)C)CC4)CC3)cc2cc1C(=O)Nc1cnc2cccnn12. The lowest BCUT2D eigenvalue weighted by molar-refractivity contribution is 0.0113. The predicted molar refractivity (Wildman–Crippen MR) is 167 cm³/mol. The van der Waals surface area contributed by atoms with Gasteiger partial charge in [0.15, 0.2) is 11.5 Å². The number of imidazole rings is 1. The smallest absolute Gasteiger partial charge is 0.410 e. The molecule has 12 nitrogen and oxygen atoms in total. The fourth-order valence-corrected chi connectivity index (χ4v) is 6.51. The number of nitrogens with one attached hydrogen (secondary N) is 1. The van der Waals surface area contributed by atoms with Crippen LogP contribution < -0.4 is 10.1 Å². The molecule has 1 saturated heterocycles. The van der Waals surface area contributed by atoms with E-state index in [9.17, 15) is 9.59 Å². The largest absolute Gasteiger partial charge is 0.496 e. The van der Waals surface area contributed by atoms with Gasteiger partial charge in [0.1, 0.15) is 11.4 Å². The summed E-state index contributed by atoms with van der Waals surface area (Å²) in [7, 11) is 3.80. The van der Waals surface area contributed by atoms with Crippen LogP contribution in [-0.2, 0) is 4.74 Å². The molecule has 6 rings (SSSR count). The molecule has 0 spiro atoms. The Morgan fingerprint density at radius 1 is 1.05 bits per heavy atom. The number of hydrogen-bond donors (Lipinski definition) is 1. The summed E-state index contributed by atoms with van der Waals surface area (Å²) in [5.74, 6) is 0.647. The average molecular weight is 603 g/mol. The Bertz CT molecular complexity index is 1640. The minimum absolute atomic E-state index is 0.208. The van der Waals surface area contributed by atoms with Gasteiger partial charge < -0.3 is 24.6 Å². The van der Waals surface area contributed by atoms with Crippen molar-refractivity contribution in [3.05, 3.63) is 48.4 Å². The first kappa shape index (κ1) is 29.9. The van der Waals surface area contributed by atoms with Gasteiger partial charge in [-0.05, 0) is 84.5 Å². The van der Waals surface area contributed by atoms with Gasteiger partial charge in [0, 0.05) is 49.0 Å². The zero-order chi connectivity index (χ0) is 31.0. The van der Waals surface area contributed by atoms with Crippen LogP contribution >= 0.6 is 0 Å². The molecule has 0 bridgehead atoms. The molecule has 1 N–H and O–H groups in total.